The van der Waals surface area contributed by atoms with Crippen LogP contribution in [0.5, 0.6) is 0 Å². The number of hydrogen-bond acceptors (Lipinski definition) is 5. The van der Waals surface area contributed by atoms with Gasteiger partial charge in [-0.15, -0.1) is 0 Å². The van der Waals surface area contributed by atoms with Crippen LogP contribution < -0.4 is 0 Å². The van der Waals surface area contributed by atoms with Crippen LogP contribution in [0, 0.1) is 11.3 Å². The molecule has 0 radical (unpaired) electrons. The summed E-state index contributed by atoms with van der Waals surface area (Å²) in [5, 5.41) is 0. The third-order valence-electron chi connectivity index (χ3n) is 5.54. The normalized spacial score (nSPS) is 30.0. The fourth-order valence-corrected chi connectivity index (χ4v) is 4.77. The van der Waals surface area contributed by atoms with Gasteiger partial charge in [0.1, 0.15) is 0 Å². The zero-order valence-corrected chi connectivity index (χ0v) is 14.9. The van der Waals surface area contributed by atoms with Crippen LogP contribution in [0.15, 0.2) is 0 Å². The molecule has 3 heterocycles. The van der Waals surface area contributed by atoms with E-state index in [4.69, 9.17) is 14.2 Å². The summed E-state index contributed by atoms with van der Waals surface area (Å²) in [7, 11) is -3.05. The van der Waals surface area contributed by atoms with E-state index < -0.39 is 10.0 Å². The van der Waals surface area contributed by atoms with Gasteiger partial charge in [-0.05, 0) is 43.4 Å². The minimum Gasteiger partial charge on any atom is -0.381 e. The van der Waals surface area contributed by atoms with Gasteiger partial charge in [0, 0.05) is 32.9 Å². The van der Waals surface area contributed by atoms with E-state index in [-0.39, 0.29) is 11.5 Å². The largest absolute Gasteiger partial charge is 0.381 e. The molecule has 23 heavy (non-hydrogen) atoms. The van der Waals surface area contributed by atoms with Crippen LogP contribution in [0.3, 0.4) is 0 Å². The Morgan fingerprint density at radius 1 is 1.17 bits per heavy atom. The Kier molecular flexibility index (Phi) is 5.63. The lowest BCUT2D eigenvalue weighted by atomic mass is 9.77. The molecule has 0 aromatic carbocycles. The maximum atomic E-state index is 11.6. The molecule has 134 valence electrons. The average Bonchev–Trinajstić information content (AvgIpc) is 2.91. The summed E-state index contributed by atoms with van der Waals surface area (Å²) in [5.74, 6) is 0.622. The molecule has 7 heteroatoms. The zero-order valence-electron chi connectivity index (χ0n) is 14.0. The third kappa shape index (κ3) is 4.66. The lowest BCUT2D eigenvalue weighted by Crippen LogP contribution is -2.43. The van der Waals surface area contributed by atoms with Crippen molar-refractivity contribution in [3.63, 3.8) is 0 Å². The minimum absolute atomic E-state index is 0.161. The Balaban J connectivity index is 1.38. The summed E-state index contributed by atoms with van der Waals surface area (Å²) in [6.45, 7) is 5.17. The van der Waals surface area contributed by atoms with Crippen molar-refractivity contribution in [2.24, 2.45) is 11.3 Å². The SMILES string of the molecule is CS(=O)(=O)N1CCC2(CC1)CO[C@H](COCC1CCOCC1)C2. The Morgan fingerprint density at radius 2 is 1.87 bits per heavy atom. The number of sulfonamides is 1. The molecule has 3 rings (SSSR count). The standard InChI is InChI=1S/C16H29NO5S/c1-23(18,19)17-6-4-16(5-7-17)10-15(22-13-16)12-21-11-14-2-8-20-9-3-14/h14-15H,2-13H2,1H3/t15-/m0/s1. The number of piperidine rings is 1. The van der Waals surface area contributed by atoms with E-state index in [2.05, 4.69) is 0 Å². The van der Waals surface area contributed by atoms with Crippen molar-refractivity contribution in [3.05, 3.63) is 0 Å². The van der Waals surface area contributed by atoms with E-state index in [1.165, 1.54) is 6.26 Å². The smallest absolute Gasteiger partial charge is 0.211 e. The van der Waals surface area contributed by atoms with Crippen LogP contribution in [-0.2, 0) is 24.2 Å². The molecule has 1 spiro atoms. The summed E-state index contributed by atoms with van der Waals surface area (Å²) >= 11 is 0. The van der Waals surface area contributed by atoms with Gasteiger partial charge in [0.2, 0.25) is 10.0 Å². The van der Waals surface area contributed by atoms with Gasteiger partial charge in [0.15, 0.2) is 0 Å². The molecular formula is C16H29NO5S. The van der Waals surface area contributed by atoms with E-state index in [0.29, 0.717) is 25.6 Å². The predicted octanol–water partition coefficient (Wildman–Crippen LogP) is 1.26. The molecule has 0 N–H and O–H groups in total. The van der Waals surface area contributed by atoms with Crippen molar-refractivity contribution in [1.82, 2.24) is 4.31 Å². The van der Waals surface area contributed by atoms with Crippen LogP contribution in [-0.4, -0.2) is 71.2 Å². The van der Waals surface area contributed by atoms with Crippen molar-refractivity contribution >= 4 is 10.0 Å². The summed E-state index contributed by atoms with van der Waals surface area (Å²) in [6.07, 6.45) is 6.45. The predicted molar refractivity (Wildman–Crippen MR) is 86.8 cm³/mol. The first-order chi connectivity index (χ1) is 11.0. The van der Waals surface area contributed by atoms with E-state index >= 15 is 0 Å². The van der Waals surface area contributed by atoms with Crippen LogP contribution in [0.4, 0.5) is 0 Å². The number of ether oxygens (including phenoxy) is 3. The fourth-order valence-electron chi connectivity index (χ4n) is 3.92. The number of rotatable bonds is 5. The highest BCUT2D eigenvalue weighted by atomic mass is 32.2. The number of hydrogen-bond donors (Lipinski definition) is 0. The second-order valence-electron chi connectivity index (χ2n) is 7.39. The lowest BCUT2D eigenvalue weighted by Gasteiger charge is -2.37. The molecule has 3 aliphatic rings. The van der Waals surface area contributed by atoms with E-state index in [1.807, 2.05) is 0 Å². The first-order valence-corrected chi connectivity index (χ1v) is 10.5. The van der Waals surface area contributed by atoms with Crippen molar-refractivity contribution < 1.29 is 22.6 Å². The van der Waals surface area contributed by atoms with Crippen LogP contribution in [0.2, 0.25) is 0 Å². The molecule has 0 aromatic rings. The molecule has 3 aliphatic heterocycles. The van der Waals surface area contributed by atoms with Crippen LogP contribution in [0.1, 0.15) is 32.1 Å². The molecule has 1 atom stereocenters. The minimum atomic E-state index is -3.05. The van der Waals surface area contributed by atoms with Gasteiger partial charge in [-0.25, -0.2) is 12.7 Å². The Bertz CT molecular complexity index is 481. The second kappa shape index (κ2) is 7.35. The summed E-state index contributed by atoms with van der Waals surface area (Å²) < 4.78 is 42.0. The summed E-state index contributed by atoms with van der Waals surface area (Å²) in [5.41, 5.74) is 0.161. The summed E-state index contributed by atoms with van der Waals surface area (Å²) in [6, 6.07) is 0. The van der Waals surface area contributed by atoms with E-state index in [1.54, 1.807) is 4.31 Å². The molecule has 0 amide bonds. The molecule has 0 aromatic heterocycles. The van der Waals surface area contributed by atoms with Crippen molar-refractivity contribution in [1.29, 1.82) is 0 Å². The molecule has 6 nitrogen and oxygen atoms in total. The lowest BCUT2D eigenvalue weighted by molar-refractivity contribution is -0.0181. The number of nitrogens with zero attached hydrogens (tertiary/aromatic N) is 1. The average molecular weight is 347 g/mol. The van der Waals surface area contributed by atoms with Crippen LogP contribution >= 0.6 is 0 Å². The highest BCUT2D eigenvalue weighted by Gasteiger charge is 2.43. The highest BCUT2D eigenvalue weighted by Crippen LogP contribution is 2.42. The highest BCUT2D eigenvalue weighted by molar-refractivity contribution is 7.88. The van der Waals surface area contributed by atoms with Gasteiger partial charge in [-0.1, -0.05) is 0 Å². The van der Waals surface area contributed by atoms with Gasteiger partial charge in [-0.3, -0.25) is 0 Å². The van der Waals surface area contributed by atoms with Crippen molar-refractivity contribution in [2.45, 2.75) is 38.2 Å². The van der Waals surface area contributed by atoms with Gasteiger partial charge < -0.3 is 14.2 Å². The summed E-state index contributed by atoms with van der Waals surface area (Å²) in [4.78, 5) is 0. The maximum Gasteiger partial charge on any atom is 0.211 e. The van der Waals surface area contributed by atoms with E-state index in [9.17, 15) is 8.42 Å². The molecule has 3 fully saturated rings. The van der Waals surface area contributed by atoms with Gasteiger partial charge in [-0.2, -0.15) is 0 Å². The van der Waals surface area contributed by atoms with Crippen molar-refractivity contribution in [2.75, 3.05) is 52.4 Å². The second-order valence-corrected chi connectivity index (χ2v) is 9.37. The Labute approximate surface area is 139 Å². The van der Waals surface area contributed by atoms with Crippen LogP contribution in [0.25, 0.3) is 0 Å². The van der Waals surface area contributed by atoms with Gasteiger partial charge in [0.25, 0.3) is 0 Å². The fraction of sp³-hybridized carbons (Fsp3) is 1.00. The maximum absolute atomic E-state index is 11.6. The first kappa shape index (κ1) is 17.6. The zero-order chi connectivity index (χ0) is 16.3. The third-order valence-corrected chi connectivity index (χ3v) is 6.84. The molecule has 0 unspecified atom stereocenters. The monoisotopic (exact) mass is 347 g/mol. The molecule has 0 saturated carbocycles. The first-order valence-electron chi connectivity index (χ1n) is 8.69. The van der Waals surface area contributed by atoms with Gasteiger partial charge in [0.05, 0.1) is 25.6 Å². The van der Waals surface area contributed by atoms with Crippen molar-refractivity contribution in [3.8, 4) is 0 Å². The molecule has 0 aliphatic carbocycles. The molecule has 3 saturated heterocycles. The molecule has 0 bridgehead atoms. The topological polar surface area (TPSA) is 65.1 Å². The quantitative estimate of drug-likeness (QED) is 0.749. The molecular weight excluding hydrogens is 318 g/mol. The Hall–Kier alpha value is -0.210. The van der Waals surface area contributed by atoms with Gasteiger partial charge >= 0.3 is 0 Å². The van der Waals surface area contributed by atoms with E-state index in [0.717, 1.165) is 58.5 Å². The Morgan fingerprint density at radius 3 is 2.52 bits per heavy atom.